The highest BCUT2D eigenvalue weighted by Crippen LogP contribution is 2.10. The average Bonchev–Trinajstić information content (AvgIpc) is 2.83. The minimum atomic E-state index is -0.983. The molecule has 8 heteroatoms. The van der Waals surface area contributed by atoms with Gasteiger partial charge in [0.25, 0.3) is 0 Å². The fourth-order valence-corrected chi connectivity index (χ4v) is 3.27. The number of nitrogens with one attached hydrogen (secondary N) is 3. The number of hydrogen-bond acceptors (Lipinski definition) is 5. The molecule has 2 atom stereocenters. The third-order valence-corrected chi connectivity index (χ3v) is 5.32. The average molecular weight is 451 g/mol. The second-order valence-electron chi connectivity index (χ2n) is 7.75. The molecule has 174 valence electrons. The van der Waals surface area contributed by atoms with Crippen molar-refractivity contribution in [2.45, 2.75) is 44.8 Å². The highest BCUT2D eigenvalue weighted by Gasteiger charge is 2.29. The Morgan fingerprint density at radius 3 is 2.06 bits per heavy atom. The van der Waals surface area contributed by atoms with Crippen LogP contribution in [0.15, 0.2) is 60.7 Å². The lowest BCUT2D eigenvalue weighted by Gasteiger charge is -2.28. The van der Waals surface area contributed by atoms with Crippen LogP contribution in [0.2, 0.25) is 0 Å². The molecule has 33 heavy (non-hydrogen) atoms. The van der Waals surface area contributed by atoms with E-state index in [-0.39, 0.29) is 31.7 Å². The molecule has 0 bridgehead atoms. The van der Waals surface area contributed by atoms with Crippen molar-refractivity contribution >= 4 is 29.7 Å². The summed E-state index contributed by atoms with van der Waals surface area (Å²) in [5.41, 5.74) is 1.76. The van der Waals surface area contributed by atoms with E-state index in [0.29, 0.717) is 6.21 Å². The van der Waals surface area contributed by atoms with Gasteiger partial charge in [-0.05, 0) is 17.5 Å². The Bertz CT molecular complexity index is 963. The van der Waals surface area contributed by atoms with Gasteiger partial charge in [0.15, 0.2) is 5.78 Å². The highest BCUT2D eigenvalue weighted by molar-refractivity contribution is 6.26. The zero-order valence-electron chi connectivity index (χ0n) is 18.9. The van der Waals surface area contributed by atoms with Crippen LogP contribution in [-0.2, 0) is 32.1 Å². The number of nitrogens with zero attached hydrogens (tertiary/aromatic N) is 1. The van der Waals surface area contributed by atoms with Crippen molar-refractivity contribution in [1.29, 1.82) is 5.41 Å². The zero-order chi connectivity index (χ0) is 24.2. The second kappa shape index (κ2) is 12.9. The number of amides is 3. The molecule has 2 aromatic carbocycles. The van der Waals surface area contributed by atoms with Crippen LogP contribution in [-0.4, -0.2) is 53.8 Å². The lowest BCUT2D eigenvalue weighted by atomic mass is 10.0. The van der Waals surface area contributed by atoms with Gasteiger partial charge in [-0.25, -0.2) is 0 Å². The summed E-state index contributed by atoms with van der Waals surface area (Å²) in [5, 5.41) is 12.6. The molecule has 3 amide bonds. The maximum Gasteiger partial charge on any atom is 0.243 e. The van der Waals surface area contributed by atoms with E-state index in [0.717, 1.165) is 11.1 Å². The van der Waals surface area contributed by atoms with Gasteiger partial charge in [0.05, 0.1) is 6.21 Å². The predicted molar refractivity (Wildman–Crippen MR) is 126 cm³/mol. The van der Waals surface area contributed by atoms with Gasteiger partial charge >= 0.3 is 0 Å². The minimum absolute atomic E-state index is 0.0441. The molecule has 0 unspecified atom stereocenters. The summed E-state index contributed by atoms with van der Waals surface area (Å²) in [6.07, 6.45) is 0.963. The summed E-state index contributed by atoms with van der Waals surface area (Å²) in [6.45, 7) is 1.64. The Kier molecular flexibility index (Phi) is 9.95. The van der Waals surface area contributed by atoms with Gasteiger partial charge in [0.1, 0.15) is 12.1 Å². The van der Waals surface area contributed by atoms with Crippen molar-refractivity contribution < 1.29 is 19.2 Å². The summed E-state index contributed by atoms with van der Waals surface area (Å²) in [5.74, 6) is -1.64. The fourth-order valence-electron chi connectivity index (χ4n) is 3.27. The Labute approximate surface area is 193 Å². The molecule has 3 N–H and O–H groups in total. The monoisotopic (exact) mass is 450 g/mol. The van der Waals surface area contributed by atoms with Gasteiger partial charge in [-0.15, -0.1) is 0 Å². The molecule has 0 spiro atoms. The molecular weight excluding hydrogens is 420 g/mol. The Morgan fingerprint density at radius 1 is 0.939 bits per heavy atom. The Hall–Kier alpha value is -3.81. The van der Waals surface area contributed by atoms with Crippen LogP contribution in [0, 0.1) is 5.41 Å². The van der Waals surface area contributed by atoms with Gasteiger partial charge in [-0.1, -0.05) is 60.7 Å². The van der Waals surface area contributed by atoms with Crippen molar-refractivity contribution in [2.24, 2.45) is 0 Å². The number of benzene rings is 2. The summed E-state index contributed by atoms with van der Waals surface area (Å²) in [7, 11) is 1.54. The molecule has 0 heterocycles. The van der Waals surface area contributed by atoms with Gasteiger partial charge in [0, 0.05) is 33.4 Å². The lowest BCUT2D eigenvalue weighted by Crippen LogP contribution is -2.54. The van der Waals surface area contributed by atoms with Crippen LogP contribution in [0.25, 0.3) is 0 Å². The summed E-state index contributed by atoms with van der Waals surface area (Å²) >= 11 is 0. The van der Waals surface area contributed by atoms with Crippen LogP contribution in [0.3, 0.4) is 0 Å². The first kappa shape index (κ1) is 25.5. The normalized spacial score (nSPS) is 12.2. The molecule has 0 aliphatic rings. The van der Waals surface area contributed by atoms with E-state index in [1.165, 1.54) is 11.8 Å². The summed E-state index contributed by atoms with van der Waals surface area (Å²) in [4.78, 5) is 51.0. The number of carbonyl (C=O) groups excluding carboxylic acids is 4. The number of likely N-dealkylation sites (N-methyl/N-ethyl adjacent to an activating group) is 1. The topological polar surface area (TPSA) is 119 Å². The maximum atomic E-state index is 13.2. The van der Waals surface area contributed by atoms with Gasteiger partial charge in [-0.3, -0.25) is 19.2 Å². The van der Waals surface area contributed by atoms with Crippen molar-refractivity contribution in [1.82, 2.24) is 15.5 Å². The number of carbonyl (C=O) groups is 4. The van der Waals surface area contributed by atoms with Gasteiger partial charge in [-0.2, -0.15) is 0 Å². The predicted octanol–water partition coefficient (Wildman–Crippen LogP) is 1.88. The van der Waals surface area contributed by atoms with Crippen molar-refractivity contribution in [3.05, 3.63) is 71.8 Å². The molecule has 0 saturated carbocycles. The second-order valence-corrected chi connectivity index (χ2v) is 7.75. The first-order valence-electron chi connectivity index (χ1n) is 10.7. The fraction of sp³-hybridized carbons (Fsp3) is 0.320. The van der Waals surface area contributed by atoms with Crippen LogP contribution >= 0.6 is 0 Å². The molecule has 0 radical (unpaired) electrons. The Balaban J connectivity index is 2.16. The molecule has 8 nitrogen and oxygen atoms in total. The lowest BCUT2D eigenvalue weighted by molar-refractivity contribution is -0.138. The summed E-state index contributed by atoms with van der Waals surface area (Å²) < 4.78 is 0. The van der Waals surface area contributed by atoms with E-state index in [4.69, 9.17) is 5.41 Å². The maximum absolute atomic E-state index is 13.2. The first-order chi connectivity index (χ1) is 15.8. The van der Waals surface area contributed by atoms with Crippen LogP contribution in [0.5, 0.6) is 0 Å². The highest BCUT2D eigenvalue weighted by atomic mass is 16.2. The van der Waals surface area contributed by atoms with E-state index >= 15 is 0 Å². The van der Waals surface area contributed by atoms with Crippen molar-refractivity contribution in [3.8, 4) is 0 Å². The van der Waals surface area contributed by atoms with Crippen LogP contribution in [0.4, 0.5) is 0 Å². The largest absolute Gasteiger partial charge is 0.350 e. The SMILES string of the molecule is CC(=O)N(C)[C@@H](Cc1ccccc1)C(=O)N[C@@H](CCC(=O)C=N)C(=O)NCc1ccccc1. The molecule has 0 aliphatic heterocycles. The van der Waals surface area contributed by atoms with E-state index in [1.54, 1.807) is 7.05 Å². The molecule has 0 aliphatic carbocycles. The Morgan fingerprint density at radius 2 is 1.52 bits per heavy atom. The number of Topliss-reactive ketones (excluding diaryl/α,β-unsaturated/α-hetero) is 1. The quantitative estimate of drug-likeness (QED) is 0.428. The zero-order valence-corrected chi connectivity index (χ0v) is 18.9. The molecule has 0 aromatic heterocycles. The molecule has 0 saturated heterocycles. The molecular formula is C25H30N4O4. The van der Waals surface area contributed by atoms with E-state index in [9.17, 15) is 19.2 Å². The van der Waals surface area contributed by atoms with Crippen LogP contribution in [0.1, 0.15) is 30.9 Å². The number of ketones is 1. The van der Waals surface area contributed by atoms with E-state index in [2.05, 4.69) is 10.6 Å². The minimum Gasteiger partial charge on any atom is -0.350 e. The number of rotatable bonds is 12. The first-order valence-corrected chi connectivity index (χ1v) is 10.7. The summed E-state index contributed by atoms with van der Waals surface area (Å²) in [6, 6.07) is 16.8. The third kappa shape index (κ3) is 8.33. The smallest absolute Gasteiger partial charge is 0.243 e. The van der Waals surface area contributed by atoms with Crippen LogP contribution < -0.4 is 10.6 Å². The molecule has 2 rings (SSSR count). The standard InChI is InChI=1S/C25H30N4O4/c1-18(30)29(2)23(15-19-9-5-3-6-10-19)25(33)28-22(14-13-21(31)16-26)24(32)27-17-20-11-7-4-8-12-20/h3-12,16,22-23,26H,13-15,17H2,1-2H3,(H,27,32)(H,28,33)/t22-,23-/m0/s1. The van der Waals surface area contributed by atoms with E-state index in [1.807, 2.05) is 60.7 Å². The van der Waals surface area contributed by atoms with Gasteiger partial charge in [0.2, 0.25) is 17.7 Å². The number of hydrogen-bond donors (Lipinski definition) is 3. The molecule has 2 aromatic rings. The van der Waals surface area contributed by atoms with Crippen molar-refractivity contribution in [3.63, 3.8) is 0 Å². The van der Waals surface area contributed by atoms with Crippen molar-refractivity contribution in [2.75, 3.05) is 7.05 Å². The van der Waals surface area contributed by atoms with E-state index < -0.39 is 29.7 Å². The molecule has 0 fully saturated rings. The van der Waals surface area contributed by atoms with Gasteiger partial charge < -0.3 is 20.9 Å². The third-order valence-electron chi connectivity index (χ3n) is 5.32.